The van der Waals surface area contributed by atoms with Gasteiger partial charge in [-0.05, 0) is 41.3 Å². The van der Waals surface area contributed by atoms with Crippen molar-refractivity contribution in [3.63, 3.8) is 0 Å². The van der Waals surface area contributed by atoms with Crippen molar-refractivity contribution in [2.24, 2.45) is 0 Å². The lowest BCUT2D eigenvalue weighted by Gasteiger charge is -2.15. The van der Waals surface area contributed by atoms with Crippen LogP contribution in [0, 0.1) is 6.92 Å². The molecule has 0 spiro atoms. The van der Waals surface area contributed by atoms with Gasteiger partial charge in [-0.25, -0.2) is 0 Å². The minimum Gasteiger partial charge on any atom is -0.330 e. The number of amides is 1. The molecule has 3 aromatic rings. The third-order valence-electron chi connectivity index (χ3n) is 4.49. The van der Waals surface area contributed by atoms with Crippen molar-refractivity contribution in [2.75, 3.05) is 0 Å². The second-order valence-electron chi connectivity index (χ2n) is 6.22. The third kappa shape index (κ3) is 2.58. The molecule has 0 atom stereocenters. The maximum absolute atomic E-state index is 12.8. The van der Waals surface area contributed by atoms with E-state index >= 15 is 0 Å². The van der Waals surface area contributed by atoms with Gasteiger partial charge in [0.2, 0.25) is 0 Å². The molecule has 4 rings (SSSR count). The molecule has 0 saturated carbocycles. The number of aromatic nitrogens is 1. The fourth-order valence-electron chi connectivity index (χ4n) is 3.36. The van der Waals surface area contributed by atoms with Gasteiger partial charge in [-0.1, -0.05) is 42.5 Å². The summed E-state index contributed by atoms with van der Waals surface area (Å²) in [5.41, 5.74) is 6.36. The fraction of sp³-hybridized carbons (Fsp3) is 0.143. The van der Waals surface area contributed by atoms with Crippen LogP contribution in [0.1, 0.15) is 27.0 Å². The van der Waals surface area contributed by atoms with E-state index in [-0.39, 0.29) is 5.91 Å². The molecule has 0 bridgehead atoms. The topological polar surface area (TPSA) is 33.2 Å². The molecular formula is C21H18N2O. The van der Waals surface area contributed by atoms with Gasteiger partial charge in [0.25, 0.3) is 5.91 Å². The number of fused-ring (bicyclic) bond motifs is 1. The summed E-state index contributed by atoms with van der Waals surface area (Å²) in [6.45, 7) is 3.33. The molecule has 1 aromatic heterocycles. The minimum atomic E-state index is 0.129. The molecule has 0 radical (unpaired) electrons. The molecule has 1 aliphatic rings. The van der Waals surface area contributed by atoms with Crippen molar-refractivity contribution >= 4 is 5.91 Å². The van der Waals surface area contributed by atoms with Crippen LogP contribution in [0.5, 0.6) is 0 Å². The maximum Gasteiger partial charge on any atom is 0.255 e. The van der Waals surface area contributed by atoms with E-state index in [2.05, 4.69) is 29.2 Å². The number of hydrogen-bond donors (Lipinski definition) is 0. The average Bonchev–Trinajstić information content (AvgIpc) is 2.93. The molecule has 2 aromatic carbocycles. The predicted molar refractivity (Wildman–Crippen MR) is 94.4 cm³/mol. The summed E-state index contributed by atoms with van der Waals surface area (Å²) in [5, 5.41) is 0. The molecule has 2 heterocycles. The standard InChI is InChI=1S/C21H18N2O/c1-15-10-18(17-8-5-9-22-12-17)11-19-14-23(21(24)20(15)19)13-16-6-3-2-4-7-16/h2-12H,13-14H2,1H3. The number of rotatable bonds is 3. The number of hydrogen-bond acceptors (Lipinski definition) is 2. The highest BCUT2D eigenvalue weighted by molar-refractivity contribution is 6.00. The van der Waals surface area contributed by atoms with E-state index in [1.165, 1.54) is 0 Å². The lowest BCUT2D eigenvalue weighted by atomic mass is 9.97. The van der Waals surface area contributed by atoms with E-state index in [9.17, 15) is 4.79 Å². The number of carbonyl (C=O) groups excluding carboxylic acids is 1. The van der Waals surface area contributed by atoms with E-state index in [0.29, 0.717) is 13.1 Å². The highest BCUT2D eigenvalue weighted by Crippen LogP contribution is 2.31. The molecule has 0 aliphatic carbocycles. The number of carbonyl (C=O) groups is 1. The molecule has 24 heavy (non-hydrogen) atoms. The zero-order chi connectivity index (χ0) is 16.5. The smallest absolute Gasteiger partial charge is 0.255 e. The van der Waals surface area contributed by atoms with Crippen molar-refractivity contribution < 1.29 is 4.79 Å². The van der Waals surface area contributed by atoms with Crippen molar-refractivity contribution in [3.8, 4) is 11.1 Å². The number of benzene rings is 2. The summed E-state index contributed by atoms with van der Waals surface area (Å²) in [6, 6.07) is 18.3. The molecular weight excluding hydrogens is 296 g/mol. The Morgan fingerprint density at radius 1 is 1.04 bits per heavy atom. The Kier molecular flexibility index (Phi) is 3.62. The van der Waals surface area contributed by atoms with Gasteiger partial charge in [0.15, 0.2) is 0 Å². The van der Waals surface area contributed by atoms with E-state index in [0.717, 1.165) is 33.4 Å². The Labute approximate surface area is 141 Å². The Hall–Kier alpha value is -2.94. The van der Waals surface area contributed by atoms with Gasteiger partial charge in [0.1, 0.15) is 0 Å². The Morgan fingerprint density at radius 2 is 1.88 bits per heavy atom. The van der Waals surface area contributed by atoms with Crippen LogP contribution in [-0.2, 0) is 13.1 Å². The maximum atomic E-state index is 12.8. The SMILES string of the molecule is Cc1cc(-c2cccnc2)cc2c1C(=O)N(Cc1ccccc1)C2. The molecule has 0 N–H and O–H groups in total. The Balaban J connectivity index is 1.67. The van der Waals surface area contributed by atoms with E-state index < -0.39 is 0 Å². The summed E-state index contributed by atoms with van der Waals surface area (Å²) in [7, 11) is 0. The number of pyridine rings is 1. The molecule has 0 saturated heterocycles. The van der Waals surface area contributed by atoms with Crippen molar-refractivity contribution in [1.82, 2.24) is 9.88 Å². The van der Waals surface area contributed by atoms with Gasteiger partial charge in [-0.15, -0.1) is 0 Å². The molecule has 3 nitrogen and oxygen atoms in total. The zero-order valence-electron chi connectivity index (χ0n) is 13.6. The van der Waals surface area contributed by atoms with Gasteiger partial charge in [0, 0.05) is 36.6 Å². The van der Waals surface area contributed by atoms with Gasteiger partial charge < -0.3 is 4.90 Å². The van der Waals surface area contributed by atoms with Crippen LogP contribution >= 0.6 is 0 Å². The van der Waals surface area contributed by atoms with Crippen molar-refractivity contribution in [2.45, 2.75) is 20.0 Å². The van der Waals surface area contributed by atoms with Gasteiger partial charge in [-0.3, -0.25) is 9.78 Å². The predicted octanol–water partition coefficient (Wildman–Crippen LogP) is 4.21. The first-order chi connectivity index (χ1) is 11.7. The van der Waals surface area contributed by atoms with Crippen molar-refractivity contribution in [3.05, 3.63) is 89.2 Å². The largest absolute Gasteiger partial charge is 0.330 e. The summed E-state index contributed by atoms with van der Waals surface area (Å²) in [4.78, 5) is 18.9. The first kappa shape index (κ1) is 14.6. The summed E-state index contributed by atoms with van der Waals surface area (Å²) in [6.07, 6.45) is 3.63. The lowest BCUT2D eigenvalue weighted by Crippen LogP contribution is -2.23. The Bertz CT molecular complexity index is 888. The number of aryl methyl sites for hydroxylation is 1. The highest BCUT2D eigenvalue weighted by Gasteiger charge is 2.29. The van der Waals surface area contributed by atoms with Crippen LogP contribution in [0.15, 0.2) is 67.0 Å². The molecule has 0 fully saturated rings. The second-order valence-corrected chi connectivity index (χ2v) is 6.22. The van der Waals surface area contributed by atoms with E-state index in [4.69, 9.17) is 0 Å². The monoisotopic (exact) mass is 314 g/mol. The first-order valence-corrected chi connectivity index (χ1v) is 8.09. The summed E-state index contributed by atoms with van der Waals surface area (Å²) in [5.74, 6) is 0.129. The number of nitrogens with zero attached hydrogens (tertiary/aromatic N) is 2. The van der Waals surface area contributed by atoms with Gasteiger partial charge in [0.05, 0.1) is 0 Å². The van der Waals surface area contributed by atoms with E-state index in [1.807, 2.05) is 48.4 Å². The van der Waals surface area contributed by atoms with E-state index in [1.54, 1.807) is 6.20 Å². The molecule has 0 unspecified atom stereocenters. The van der Waals surface area contributed by atoms with Crippen LogP contribution < -0.4 is 0 Å². The van der Waals surface area contributed by atoms with Gasteiger partial charge >= 0.3 is 0 Å². The lowest BCUT2D eigenvalue weighted by molar-refractivity contribution is 0.0766. The van der Waals surface area contributed by atoms with Crippen molar-refractivity contribution in [1.29, 1.82) is 0 Å². The molecule has 1 aliphatic heterocycles. The highest BCUT2D eigenvalue weighted by atomic mass is 16.2. The quantitative estimate of drug-likeness (QED) is 0.725. The Morgan fingerprint density at radius 3 is 2.62 bits per heavy atom. The van der Waals surface area contributed by atoms with Crippen LogP contribution in [0.2, 0.25) is 0 Å². The van der Waals surface area contributed by atoms with Crippen LogP contribution in [-0.4, -0.2) is 15.8 Å². The second kappa shape index (κ2) is 5.93. The first-order valence-electron chi connectivity index (χ1n) is 8.09. The molecule has 118 valence electrons. The zero-order valence-corrected chi connectivity index (χ0v) is 13.6. The molecule has 3 heteroatoms. The van der Waals surface area contributed by atoms with Crippen LogP contribution in [0.3, 0.4) is 0 Å². The minimum absolute atomic E-state index is 0.129. The van der Waals surface area contributed by atoms with Crippen LogP contribution in [0.4, 0.5) is 0 Å². The van der Waals surface area contributed by atoms with Crippen LogP contribution in [0.25, 0.3) is 11.1 Å². The van der Waals surface area contributed by atoms with Gasteiger partial charge in [-0.2, -0.15) is 0 Å². The fourth-order valence-corrected chi connectivity index (χ4v) is 3.36. The summed E-state index contributed by atoms with van der Waals surface area (Å²) >= 11 is 0. The summed E-state index contributed by atoms with van der Waals surface area (Å²) < 4.78 is 0. The normalized spacial score (nSPS) is 13.2. The average molecular weight is 314 g/mol. The molecule has 1 amide bonds. The third-order valence-corrected chi connectivity index (χ3v) is 4.49.